The highest BCUT2D eigenvalue weighted by molar-refractivity contribution is 9.09. The highest BCUT2D eigenvalue weighted by Gasteiger charge is 2.06. The van der Waals surface area contributed by atoms with Gasteiger partial charge in [0.2, 0.25) is 0 Å². The number of hydrogen-bond donors (Lipinski definition) is 0. The van der Waals surface area contributed by atoms with Crippen molar-refractivity contribution in [3.05, 3.63) is 24.3 Å². The van der Waals surface area contributed by atoms with Crippen molar-refractivity contribution in [2.45, 2.75) is 37.4 Å². The summed E-state index contributed by atoms with van der Waals surface area (Å²) < 4.78 is 0. The lowest BCUT2D eigenvalue weighted by molar-refractivity contribution is 0.656. The van der Waals surface area contributed by atoms with Gasteiger partial charge in [0.25, 0.3) is 0 Å². The van der Waals surface area contributed by atoms with Gasteiger partial charge in [0.1, 0.15) is 6.33 Å². The summed E-state index contributed by atoms with van der Waals surface area (Å²) in [5.41, 5.74) is 1.09. The normalized spacial score (nSPS) is 11.9. The summed E-state index contributed by atoms with van der Waals surface area (Å²) >= 11 is 3.63. The fourth-order valence-corrected chi connectivity index (χ4v) is 1.80. The second kappa shape index (κ2) is 8.36. The molecule has 0 aliphatic heterocycles. The van der Waals surface area contributed by atoms with Gasteiger partial charge in [-0.05, 0) is 12.5 Å². The predicted octanol–water partition coefficient (Wildman–Crippen LogP) is 4.07. The Kier molecular flexibility index (Phi) is 8.38. The Morgan fingerprint density at radius 1 is 1.43 bits per heavy atom. The molecule has 1 heterocycles. The maximum absolute atomic E-state index is 4.20. The molecule has 0 aliphatic carbocycles. The van der Waals surface area contributed by atoms with Crippen molar-refractivity contribution in [1.29, 1.82) is 0 Å². The molecule has 0 radical (unpaired) electrons. The zero-order valence-electron chi connectivity index (χ0n) is 8.32. The standard InChI is InChI=1S/C10H15BrN2.BrH/c1-2-3-4-5-9(11)10-6-7-12-8-13-10;/h6-9H,2-5H2,1H3;1H. The third kappa shape index (κ3) is 5.05. The molecule has 0 bridgehead atoms. The molecule has 0 aliphatic rings. The van der Waals surface area contributed by atoms with Crippen LogP contribution in [0.25, 0.3) is 0 Å². The molecule has 14 heavy (non-hydrogen) atoms. The summed E-state index contributed by atoms with van der Waals surface area (Å²) in [6.07, 6.45) is 8.37. The van der Waals surface area contributed by atoms with Crippen molar-refractivity contribution in [2.24, 2.45) is 0 Å². The van der Waals surface area contributed by atoms with Crippen molar-refractivity contribution < 1.29 is 0 Å². The fourth-order valence-electron chi connectivity index (χ4n) is 1.21. The summed E-state index contributed by atoms with van der Waals surface area (Å²) in [6.45, 7) is 2.22. The van der Waals surface area contributed by atoms with Crippen LogP contribution in [0.5, 0.6) is 0 Å². The van der Waals surface area contributed by atoms with Crippen molar-refractivity contribution >= 4 is 32.9 Å². The van der Waals surface area contributed by atoms with Crippen LogP contribution in [0, 0.1) is 0 Å². The third-order valence-corrected chi connectivity index (χ3v) is 2.91. The average molecular weight is 324 g/mol. The van der Waals surface area contributed by atoms with Crippen LogP contribution in [0.3, 0.4) is 0 Å². The van der Waals surface area contributed by atoms with E-state index in [-0.39, 0.29) is 17.0 Å². The number of hydrogen-bond acceptors (Lipinski definition) is 2. The van der Waals surface area contributed by atoms with Crippen LogP contribution in [0.1, 0.15) is 43.1 Å². The smallest absolute Gasteiger partial charge is 0.115 e. The van der Waals surface area contributed by atoms with E-state index in [1.54, 1.807) is 12.5 Å². The molecule has 0 aromatic carbocycles. The van der Waals surface area contributed by atoms with Gasteiger partial charge in [-0.3, -0.25) is 0 Å². The van der Waals surface area contributed by atoms with Gasteiger partial charge in [0.15, 0.2) is 0 Å². The molecule has 1 atom stereocenters. The maximum atomic E-state index is 4.20. The molecule has 4 heteroatoms. The van der Waals surface area contributed by atoms with Gasteiger partial charge >= 0.3 is 0 Å². The predicted molar refractivity (Wildman–Crippen MR) is 68.2 cm³/mol. The van der Waals surface area contributed by atoms with E-state index >= 15 is 0 Å². The molecule has 1 aromatic rings. The highest BCUT2D eigenvalue weighted by atomic mass is 79.9. The third-order valence-electron chi connectivity index (χ3n) is 1.99. The van der Waals surface area contributed by atoms with Crippen LogP contribution in [-0.2, 0) is 0 Å². The van der Waals surface area contributed by atoms with E-state index in [0.29, 0.717) is 4.83 Å². The minimum Gasteiger partial charge on any atom is -0.245 e. The van der Waals surface area contributed by atoms with Crippen molar-refractivity contribution in [2.75, 3.05) is 0 Å². The summed E-state index contributed by atoms with van der Waals surface area (Å²) in [4.78, 5) is 8.48. The number of halogens is 2. The highest BCUT2D eigenvalue weighted by Crippen LogP contribution is 2.26. The second-order valence-corrected chi connectivity index (χ2v) is 4.20. The number of alkyl halides is 1. The number of rotatable bonds is 5. The van der Waals surface area contributed by atoms with Gasteiger partial charge in [-0.25, -0.2) is 9.97 Å². The van der Waals surface area contributed by atoms with Gasteiger partial charge in [0.05, 0.1) is 10.5 Å². The van der Waals surface area contributed by atoms with E-state index in [9.17, 15) is 0 Å². The Labute approximate surface area is 104 Å². The number of nitrogens with zero attached hydrogens (tertiary/aromatic N) is 2. The van der Waals surface area contributed by atoms with Gasteiger partial charge in [-0.1, -0.05) is 42.1 Å². The van der Waals surface area contributed by atoms with E-state index in [4.69, 9.17) is 0 Å². The van der Waals surface area contributed by atoms with Gasteiger partial charge in [0, 0.05) is 6.20 Å². The molecule has 0 amide bonds. The lowest BCUT2D eigenvalue weighted by atomic mass is 10.1. The minimum atomic E-state index is 0. The number of aromatic nitrogens is 2. The first-order valence-corrected chi connectivity index (χ1v) is 5.66. The maximum Gasteiger partial charge on any atom is 0.115 e. The zero-order valence-corrected chi connectivity index (χ0v) is 11.6. The molecule has 1 rings (SSSR count). The molecular formula is C10H16Br2N2. The van der Waals surface area contributed by atoms with E-state index < -0.39 is 0 Å². The Morgan fingerprint density at radius 2 is 2.21 bits per heavy atom. The second-order valence-electron chi connectivity index (χ2n) is 3.10. The van der Waals surface area contributed by atoms with E-state index in [1.807, 2.05) is 6.07 Å². The Morgan fingerprint density at radius 3 is 2.79 bits per heavy atom. The molecule has 0 saturated carbocycles. The van der Waals surface area contributed by atoms with Crippen LogP contribution in [0.15, 0.2) is 18.6 Å². The Hall–Kier alpha value is 0.0400. The molecule has 1 unspecified atom stereocenters. The number of unbranched alkanes of at least 4 members (excludes halogenated alkanes) is 2. The van der Waals surface area contributed by atoms with E-state index in [2.05, 4.69) is 32.8 Å². The summed E-state index contributed by atoms with van der Waals surface area (Å²) in [5, 5.41) is 0. The lowest BCUT2D eigenvalue weighted by Crippen LogP contribution is -1.94. The van der Waals surface area contributed by atoms with Crippen LogP contribution in [0.4, 0.5) is 0 Å². The molecule has 0 N–H and O–H groups in total. The van der Waals surface area contributed by atoms with Gasteiger partial charge in [-0.2, -0.15) is 0 Å². The monoisotopic (exact) mass is 322 g/mol. The van der Waals surface area contributed by atoms with Gasteiger partial charge in [-0.15, -0.1) is 17.0 Å². The molecule has 80 valence electrons. The van der Waals surface area contributed by atoms with E-state index in [0.717, 1.165) is 12.1 Å². The van der Waals surface area contributed by atoms with Crippen LogP contribution in [0.2, 0.25) is 0 Å². The minimum absolute atomic E-state index is 0. The molecule has 2 nitrogen and oxygen atoms in total. The summed E-state index contributed by atoms with van der Waals surface area (Å²) in [7, 11) is 0. The first-order chi connectivity index (χ1) is 6.34. The molecule has 0 saturated heterocycles. The van der Waals surface area contributed by atoms with Crippen molar-refractivity contribution in [1.82, 2.24) is 9.97 Å². The summed E-state index contributed by atoms with van der Waals surface area (Å²) in [6, 6.07) is 1.96. The fraction of sp³-hybridized carbons (Fsp3) is 0.600. The van der Waals surface area contributed by atoms with Crippen LogP contribution >= 0.6 is 32.9 Å². The molecule has 0 fully saturated rings. The lowest BCUT2D eigenvalue weighted by Gasteiger charge is -2.07. The largest absolute Gasteiger partial charge is 0.245 e. The van der Waals surface area contributed by atoms with Crippen LogP contribution < -0.4 is 0 Å². The summed E-state index contributed by atoms with van der Waals surface area (Å²) in [5.74, 6) is 0. The first-order valence-electron chi connectivity index (χ1n) is 4.74. The zero-order chi connectivity index (χ0) is 9.52. The topological polar surface area (TPSA) is 25.8 Å². The van der Waals surface area contributed by atoms with Gasteiger partial charge < -0.3 is 0 Å². The molecule has 0 spiro atoms. The van der Waals surface area contributed by atoms with Crippen LogP contribution in [-0.4, -0.2) is 9.97 Å². The first kappa shape index (κ1) is 14.0. The van der Waals surface area contributed by atoms with Crippen molar-refractivity contribution in [3.63, 3.8) is 0 Å². The Bertz CT molecular complexity index is 229. The SMILES string of the molecule is Br.CCCCCC(Br)c1ccncn1. The van der Waals surface area contributed by atoms with E-state index in [1.165, 1.54) is 19.3 Å². The average Bonchev–Trinajstić information content (AvgIpc) is 2.19. The Balaban J connectivity index is 0.00000169. The quantitative estimate of drug-likeness (QED) is 0.603. The van der Waals surface area contributed by atoms with Crippen molar-refractivity contribution in [3.8, 4) is 0 Å². The molecule has 1 aromatic heterocycles. The molecular weight excluding hydrogens is 308 g/mol.